The van der Waals surface area contributed by atoms with Gasteiger partial charge in [0.15, 0.2) is 0 Å². The third kappa shape index (κ3) is 4.08. The van der Waals surface area contributed by atoms with Crippen LogP contribution in [0.4, 0.5) is 0 Å². The Balaban J connectivity index is 0.00000200. The number of hydrogen-bond donors (Lipinski definition) is 2. The molecule has 8 heteroatoms. The van der Waals surface area contributed by atoms with Gasteiger partial charge in [0.05, 0.1) is 16.5 Å². The zero-order chi connectivity index (χ0) is 14.0. The second-order valence-corrected chi connectivity index (χ2v) is 7.17. The fourth-order valence-electron chi connectivity index (χ4n) is 1.91. The summed E-state index contributed by atoms with van der Waals surface area (Å²) in [4.78, 5) is 0.187. The maximum absolute atomic E-state index is 12.3. The molecule has 0 bridgehead atoms. The number of methoxy groups -OCH3 is 1. The first kappa shape index (κ1) is 17.7. The fourth-order valence-corrected chi connectivity index (χ4v) is 3.65. The van der Waals surface area contributed by atoms with E-state index in [2.05, 4.69) is 20.7 Å². The quantitative estimate of drug-likeness (QED) is 0.783. The largest absolute Gasteiger partial charge is 0.496 e. The molecule has 1 unspecified atom stereocenters. The number of halogens is 2. The molecule has 1 saturated carbocycles. The van der Waals surface area contributed by atoms with Crippen LogP contribution in [0.25, 0.3) is 0 Å². The maximum Gasteiger partial charge on any atom is 0.241 e. The van der Waals surface area contributed by atoms with E-state index in [0.29, 0.717) is 22.7 Å². The Morgan fingerprint density at radius 3 is 2.65 bits per heavy atom. The second kappa shape index (κ2) is 7.09. The molecule has 0 amide bonds. The average Bonchev–Trinajstić information content (AvgIpc) is 3.20. The first-order valence-electron chi connectivity index (χ1n) is 6.04. The molecule has 1 aromatic rings. The van der Waals surface area contributed by atoms with Gasteiger partial charge in [-0.15, -0.1) is 12.4 Å². The highest BCUT2D eigenvalue weighted by atomic mass is 79.9. The van der Waals surface area contributed by atoms with Crippen LogP contribution in [0.1, 0.15) is 12.8 Å². The lowest BCUT2D eigenvalue weighted by Gasteiger charge is -2.16. The molecule has 1 atom stereocenters. The van der Waals surface area contributed by atoms with E-state index in [0.717, 1.165) is 12.8 Å². The standard InChI is InChI=1S/C12H17BrN2O3S.ClH/c1-18-12-6-9(4-5-10(12)13)19(16,17)15-11(7-14)8-2-3-8;/h4-6,8,11,15H,2-3,7,14H2,1H3;1H. The Hall–Kier alpha value is -0.340. The third-order valence-corrected chi connectivity index (χ3v) is 5.33. The van der Waals surface area contributed by atoms with Gasteiger partial charge in [-0.05, 0) is 46.8 Å². The zero-order valence-corrected chi connectivity index (χ0v) is 14.2. The van der Waals surface area contributed by atoms with Crippen molar-refractivity contribution < 1.29 is 13.2 Å². The Morgan fingerprint density at radius 2 is 2.15 bits per heavy atom. The van der Waals surface area contributed by atoms with Gasteiger partial charge < -0.3 is 10.5 Å². The van der Waals surface area contributed by atoms with Crippen LogP contribution < -0.4 is 15.2 Å². The zero-order valence-electron chi connectivity index (χ0n) is 11.0. The van der Waals surface area contributed by atoms with Crippen LogP contribution in [0.5, 0.6) is 5.75 Å². The number of hydrogen-bond acceptors (Lipinski definition) is 4. The van der Waals surface area contributed by atoms with Crippen LogP contribution in [0.3, 0.4) is 0 Å². The van der Waals surface area contributed by atoms with E-state index in [1.54, 1.807) is 6.07 Å². The van der Waals surface area contributed by atoms with E-state index in [4.69, 9.17) is 10.5 Å². The second-order valence-electron chi connectivity index (χ2n) is 4.60. The molecule has 1 aliphatic rings. The highest BCUT2D eigenvalue weighted by Crippen LogP contribution is 2.33. The molecule has 114 valence electrons. The van der Waals surface area contributed by atoms with Gasteiger partial charge in [-0.2, -0.15) is 0 Å². The molecule has 1 aliphatic carbocycles. The number of sulfonamides is 1. The Kier molecular flexibility index (Phi) is 6.27. The number of nitrogens with two attached hydrogens (primary N) is 1. The number of ether oxygens (including phenoxy) is 1. The van der Waals surface area contributed by atoms with Gasteiger partial charge in [0, 0.05) is 18.7 Å². The molecule has 3 N–H and O–H groups in total. The molecule has 20 heavy (non-hydrogen) atoms. The highest BCUT2D eigenvalue weighted by Gasteiger charge is 2.33. The minimum atomic E-state index is -3.56. The van der Waals surface area contributed by atoms with Gasteiger partial charge >= 0.3 is 0 Å². The summed E-state index contributed by atoms with van der Waals surface area (Å²) in [6.45, 7) is 0.317. The lowest BCUT2D eigenvalue weighted by molar-refractivity contribution is 0.410. The maximum atomic E-state index is 12.3. The predicted molar refractivity (Wildman–Crippen MR) is 83.8 cm³/mol. The fraction of sp³-hybridized carbons (Fsp3) is 0.500. The smallest absolute Gasteiger partial charge is 0.241 e. The van der Waals surface area contributed by atoms with E-state index in [1.807, 2.05) is 0 Å². The first-order valence-corrected chi connectivity index (χ1v) is 8.31. The monoisotopic (exact) mass is 384 g/mol. The Labute approximate surface area is 133 Å². The van der Waals surface area contributed by atoms with Crippen molar-refractivity contribution in [3.8, 4) is 5.75 Å². The van der Waals surface area contributed by atoms with Gasteiger partial charge in [-0.1, -0.05) is 0 Å². The number of rotatable bonds is 6. The Bertz CT molecular complexity index is 564. The summed E-state index contributed by atoms with van der Waals surface area (Å²) >= 11 is 3.29. The topological polar surface area (TPSA) is 81.4 Å². The molecule has 0 saturated heterocycles. The summed E-state index contributed by atoms with van der Waals surface area (Å²) in [5.74, 6) is 0.857. The predicted octanol–water partition coefficient (Wildman–Crippen LogP) is 1.90. The normalized spacial score (nSPS) is 16.4. The van der Waals surface area contributed by atoms with Gasteiger partial charge in [-0.25, -0.2) is 13.1 Å². The van der Waals surface area contributed by atoms with Crippen molar-refractivity contribution in [2.24, 2.45) is 11.7 Å². The molecule has 1 fully saturated rings. The molecular formula is C12H18BrClN2O3S. The number of nitrogens with one attached hydrogen (secondary N) is 1. The lowest BCUT2D eigenvalue weighted by atomic mass is 10.2. The SMILES string of the molecule is COc1cc(S(=O)(=O)NC(CN)C2CC2)ccc1Br.Cl. The molecule has 0 heterocycles. The summed E-state index contributed by atoms with van der Waals surface area (Å²) in [5, 5.41) is 0. The molecule has 2 rings (SSSR count). The summed E-state index contributed by atoms with van der Waals surface area (Å²) in [5.41, 5.74) is 5.62. The molecule has 5 nitrogen and oxygen atoms in total. The first-order chi connectivity index (χ1) is 8.97. The minimum absolute atomic E-state index is 0. The molecule has 0 aliphatic heterocycles. The summed E-state index contributed by atoms with van der Waals surface area (Å²) in [7, 11) is -2.06. The molecular weight excluding hydrogens is 368 g/mol. The van der Waals surface area contributed by atoms with Crippen molar-refractivity contribution in [3.05, 3.63) is 22.7 Å². The van der Waals surface area contributed by atoms with Crippen LogP contribution in [0.15, 0.2) is 27.6 Å². The summed E-state index contributed by atoms with van der Waals surface area (Å²) in [6.07, 6.45) is 2.07. The highest BCUT2D eigenvalue weighted by molar-refractivity contribution is 9.10. The van der Waals surface area contributed by atoms with Crippen LogP contribution in [-0.4, -0.2) is 28.1 Å². The molecule has 0 radical (unpaired) electrons. The van der Waals surface area contributed by atoms with Gasteiger partial charge in [0.1, 0.15) is 5.75 Å². The lowest BCUT2D eigenvalue weighted by Crippen LogP contribution is -2.41. The number of benzene rings is 1. The van der Waals surface area contributed by atoms with E-state index >= 15 is 0 Å². The van der Waals surface area contributed by atoms with Crippen LogP contribution in [0.2, 0.25) is 0 Å². The Morgan fingerprint density at radius 1 is 1.50 bits per heavy atom. The third-order valence-electron chi connectivity index (χ3n) is 3.18. The summed E-state index contributed by atoms with van der Waals surface area (Å²) in [6, 6.07) is 4.50. The van der Waals surface area contributed by atoms with Crippen LogP contribution in [-0.2, 0) is 10.0 Å². The van der Waals surface area contributed by atoms with E-state index in [-0.39, 0.29) is 23.3 Å². The van der Waals surface area contributed by atoms with Crippen molar-refractivity contribution in [1.29, 1.82) is 0 Å². The van der Waals surface area contributed by atoms with Gasteiger partial charge in [-0.3, -0.25) is 0 Å². The van der Waals surface area contributed by atoms with Crippen molar-refractivity contribution in [2.75, 3.05) is 13.7 Å². The van der Waals surface area contributed by atoms with Crippen molar-refractivity contribution in [3.63, 3.8) is 0 Å². The van der Waals surface area contributed by atoms with E-state index < -0.39 is 10.0 Å². The van der Waals surface area contributed by atoms with Crippen molar-refractivity contribution in [2.45, 2.75) is 23.8 Å². The van der Waals surface area contributed by atoms with Gasteiger partial charge in [0.25, 0.3) is 0 Å². The van der Waals surface area contributed by atoms with Crippen molar-refractivity contribution >= 4 is 38.4 Å². The van der Waals surface area contributed by atoms with Crippen LogP contribution >= 0.6 is 28.3 Å². The van der Waals surface area contributed by atoms with Crippen molar-refractivity contribution in [1.82, 2.24) is 4.72 Å². The summed E-state index contributed by atoms with van der Waals surface area (Å²) < 4.78 is 33.0. The van der Waals surface area contributed by atoms with E-state index in [1.165, 1.54) is 19.2 Å². The molecule has 0 aromatic heterocycles. The van der Waals surface area contributed by atoms with Gasteiger partial charge in [0.2, 0.25) is 10.0 Å². The molecule has 0 spiro atoms. The van der Waals surface area contributed by atoms with Crippen LogP contribution in [0, 0.1) is 5.92 Å². The average molecular weight is 386 g/mol. The van der Waals surface area contributed by atoms with E-state index in [9.17, 15) is 8.42 Å². The minimum Gasteiger partial charge on any atom is -0.496 e. The molecule has 1 aromatic carbocycles.